The quantitative estimate of drug-likeness (QED) is 0.918. The summed E-state index contributed by atoms with van der Waals surface area (Å²) in [6, 6.07) is 8.99. The van der Waals surface area contributed by atoms with Gasteiger partial charge >= 0.3 is 0 Å². The van der Waals surface area contributed by atoms with Gasteiger partial charge in [-0.05, 0) is 29.2 Å². The van der Waals surface area contributed by atoms with Crippen molar-refractivity contribution < 1.29 is 4.74 Å². The Balaban J connectivity index is 1.77. The molecule has 0 aliphatic carbocycles. The van der Waals surface area contributed by atoms with Crippen molar-refractivity contribution in [2.45, 2.75) is 32.9 Å². The summed E-state index contributed by atoms with van der Waals surface area (Å²) in [6.45, 7) is 6.15. The predicted octanol–water partition coefficient (Wildman–Crippen LogP) is 2.84. The molecule has 3 rings (SSSR count). The van der Waals surface area contributed by atoms with Gasteiger partial charge in [0.05, 0.1) is 12.3 Å². The lowest BCUT2D eigenvalue weighted by Crippen LogP contribution is -2.26. The van der Waals surface area contributed by atoms with Crippen LogP contribution < -0.4 is 10.1 Å². The van der Waals surface area contributed by atoms with E-state index in [1.165, 1.54) is 16.8 Å². The lowest BCUT2D eigenvalue weighted by Gasteiger charge is -2.23. The number of benzene rings is 1. The van der Waals surface area contributed by atoms with E-state index in [-0.39, 0.29) is 0 Å². The molecule has 1 atom stereocenters. The molecular weight excluding hydrogens is 262 g/mol. The smallest absolute Gasteiger partial charge is 0.122 e. The van der Waals surface area contributed by atoms with Crippen molar-refractivity contribution in [3.63, 3.8) is 0 Å². The first-order valence-electron chi connectivity index (χ1n) is 7.61. The molecule has 0 saturated heterocycles. The molecule has 0 amide bonds. The van der Waals surface area contributed by atoms with E-state index in [4.69, 9.17) is 4.74 Å². The Hall–Kier alpha value is -1.81. The van der Waals surface area contributed by atoms with Crippen molar-refractivity contribution in [3.05, 3.63) is 47.3 Å². The maximum Gasteiger partial charge on any atom is 0.122 e. The first-order chi connectivity index (χ1) is 10.1. The third-order valence-electron chi connectivity index (χ3n) is 4.16. The molecule has 1 aliphatic heterocycles. The second kappa shape index (κ2) is 5.90. The summed E-state index contributed by atoms with van der Waals surface area (Å²) < 4.78 is 7.51. The molecule has 2 aromatic rings. The van der Waals surface area contributed by atoms with Gasteiger partial charge in [0.1, 0.15) is 5.75 Å². The zero-order valence-corrected chi connectivity index (χ0v) is 13.0. The molecule has 0 unspecified atom stereocenters. The molecule has 1 aromatic carbocycles. The molecule has 4 heteroatoms. The number of hydrogen-bond donors (Lipinski definition) is 1. The minimum atomic E-state index is 0.339. The maximum absolute atomic E-state index is 5.60. The van der Waals surface area contributed by atoms with Gasteiger partial charge in [-0.3, -0.25) is 4.68 Å². The zero-order valence-electron chi connectivity index (χ0n) is 13.0. The number of fused-ring (bicyclic) bond motifs is 1. The number of nitrogens with zero attached hydrogens (tertiary/aromatic N) is 2. The van der Waals surface area contributed by atoms with E-state index < -0.39 is 0 Å². The summed E-state index contributed by atoms with van der Waals surface area (Å²) in [5.74, 6) is 1.58. The molecule has 1 aromatic heterocycles. The average Bonchev–Trinajstić information content (AvgIpc) is 3.07. The Labute approximate surface area is 126 Å². The second-order valence-electron chi connectivity index (χ2n) is 6.01. The molecule has 2 heterocycles. The average molecular weight is 285 g/mol. The highest BCUT2D eigenvalue weighted by Crippen LogP contribution is 2.30. The van der Waals surface area contributed by atoms with Gasteiger partial charge in [0.25, 0.3) is 0 Å². The van der Waals surface area contributed by atoms with Crippen LogP contribution in [-0.4, -0.2) is 16.4 Å². The Kier molecular flexibility index (Phi) is 3.97. The SMILES string of the molecule is CC(C)[C@@H](NCc1ccnn1C)c1ccc2c(c1)CCO2. The van der Waals surface area contributed by atoms with Crippen LogP contribution in [0.5, 0.6) is 5.75 Å². The summed E-state index contributed by atoms with van der Waals surface area (Å²) in [7, 11) is 1.98. The number of rotatable bonds is 5. The molecule has 1 N–H and O–H groups in total. The van der Waals surface area contributed by atoms with E-state index in [0.717, 1.165) is 25.3 Å². The molecule has 112 valence electrons. The van der Waals surface area contributed by atoms with E-state index in [9.17, 15) is 0 Å². The van der Waals surface area contributed by atoms with Crippen LogP contribution in [-0.2, 0) is 20.0 Å². The Morgan fingerprint density at radius 3 is 2.90 bits per heavy atom. The Bertz CT molecular complexity index is 618. The highest BCUT2D eigenvalue weighted by molar-refractivity contribution is 5.41. The minimum absolute atomic E-state index is 0.339. The predicted molar refractivity (Wildman–Crippen MR) is 83.3 cm³/mol. The van der Waals surface area contributed by atoms with Crippen LogP contribution in [0.1, 0.15) is 36.7 Å². The number of hydrogen-bond acceptors (Lipinski definition) is 3. The van der Waals surface area contributed by atoms with Gasteiger partial charge < -0.3 is 10.1 Å². The van der Waals surface area contributed by atoms with Crippen LogP contribution in [0, 0.1) is 5.92 Å². The van der Waals surface area contributed by atoms with E-state index in [1.54, 1.807) is 0 Å². The van der Waals surface area contributed by atoms with Crippen molar-refractivity contribution >= 4 is 0 Å². The molecule has 0 radical (unpaired) electrons. The normalized spacial score (nSPS) is 15.0. The lowest BCUT2D eigenvalue weighted by molar-refractivity contribution is 0.356. The highest BCUT2D eigenvalue weighted by atomic mass is 16.5. The summed E-state index contributed by atoms with van der Waals surface area (Å²) in [5, 5.41) is 7.89. The third-order valence-corrected chi connectivity index (χ3v) is 4.16. The summed E-state index contributed by atoms with van der Waals surface area (Å²) in [5.41, 5.74) is 3.88. The van der Waals surface area contributed by atoms with E-state index in [1.807, 2.05) is 17.9 Å². The van der Waals surface area contributed by atoms with Crippen LogP contribution in [0.25, 0.3) is 0 Å². The zero-order chi connectivity index (χ0) is 14.8. The van der Waals surface area contributed by atoms with Crippen LogP contribution in [0.15, 0.2) is 30.5 Å². The van der Waals surface area contributed by atoms with Crippen molar-refractivity contribution in [1.29, 1.82) is 0 Å². The monoisotopic (exact) mass is 285 g/mol. The fourth-order valence-electron chi connectivity index (χ4n) is 2.93. The lowest BCUT2D eigenvalue weighted by atomic mass is 9.94. The van der Waals surface area contributed by atoms with Crippen LogP contribution in [0.4, 0.5) is 0 Å². The van der Waals surface area contributed by atoms with Gasteiger partial charge in [0.15, 0.2) is 0 Å². The van der Waals surface area contributed by atoms with Crippen molar-refractivity contribution in [3.8, 4) is 5.75 Å². The molecule has 0 saturated carbocycles. The summed E-state index contributed by atoms with van der Waals surface area (Å²) in [4.78, 5) is 0. The number of nitrogens with one attached hydrogen (secondary N) is 1. The van der Waals surface area contributed by atoms with Gasteiger partial charge in [0.2, 0.25) is 0 Å². The topological polar surface area (TPSA) is 39.1 Å². The summed E-state index contributed by atoms with van der Waals surface area (Å²) >= 11 is 0. The minimum Gasteiger partial charge on any atom is -0.493 e. The number of aryl methyl sites for hydroxylation is 1. The number of aromatic nitrogens is 2. The molecule has 1 aliphatic rings. The second-order valence-corrected chi connectivity index (χ2v) is 6.01. The molecular formula is C17H23N3O. The van der Waals surface area contributed by atoms with E-state index in [2.05, 4.69) is 48.5 Å². The van der Waals surface area contributed by atoms with Crippen LogP contribution in [0.2, 0.25) is 0 Å². The molecule has 4 nitrogen and oxygen atoms in total. The van der Waals surface area contributed by atoms with E-state index >= 15 is 0 Å². The molecule has 0 spiro atoms. The fraction of sp³-hybridized carbons (Fsp3) is 0.471. The van der Waals surface area contributed by atoms with Crippen LogP contribution >= 0.6 is 0 Å². The van der Waals surface area contributed by atoms with Gasteiger partial charge in [-0.1, -0.05) is 26.0 Å². The van der Waals surface area contributed by atoms with E-state index in [0.29, 0.717) is 12.0 Å². The Morgan fingerprint density at radius 2 is 2.19 bits per heavy atom. The van der Waals surface area contributed by atoms with Gasteiger partial charge in [-0.25, -0.2) is 0 Å². The maximum atomic E-state index is 5.60. The van der Waals surface area contributed by atoms with Gasteiger partial charge in [0, 0.05) is 32.3 Å². The van der Waals surface area contributed by atoms with Crippen molar-refractivity contribution in [2.75, 3.05) is 6.61 Å². The molecule has 0 fully saturated rings. The van der Waals surface area contributed by atoms with Crippen molar-refractivity contribution in [1.82, 2.24) is 15.1 Å². The fourth-order valence-corrected chi connectivity index (χ4v) is 2.93. The molecule has 0 bridgehead atoms. The van der Waals surface area contributed by atoms with Gasteiger partial charge in [-0.2, -0.15) is 5.10 Å². The third kappa shape index (κ3) is 2.95. The summed E-state index contributed by atoms with van der Waals surface area (Å²) in [6.07, 6.45) is 2.86. The standard InChI is InChI=1S/C17H23N3O/c1-12(2)17(18-11-15-6-8-19-20(15)3)14-4-5-16-13(10-14)7-9-21-16/h4-6,8,10,12,17-18H,7,9,11H2,1-3H3/t17-/m1/s1. The Morgan fingerprint density at radius 1 is 1.33 bits per heavy atom. The van der Waals surface area contributed by atoms with Crippen molar-refractivity contribution in [2.24, 2.45) is 13.0 Å². The first-order valence-corrected chi connectivity index (χ1v) is 7.61. The molecule has 21 heavy (non-hydrogen) atoms. The van der Waals surface area contributed by atoms with Crippen LogP contribution in [0.3, 0.4) is 0 Å². The number of ether oxygens (including phenoxy) is 1. The highest BCUT2D eigenvalue weighted by Gasteiger charge is 2.19. The first kappa shape index (κ1) is 14.1. The van der Waals surface area contributed by atoms with Gasteiger partial charge in [-0.15, -0.1) is 0 Å². The largest absolute Gasteiger partial charge is 0.493 e.